The lowest BCUT2D eigenvalue weighted by Crippen LogP contribution is -2.67. The van der Waals surface area contributed by atoms with Crippen molar-refractivity contribution >= 4 is 6.03 Å². The third-order valence-corrected chi connectivity index (χ3v) is 7.43. The SMILES string of the molecule is CC1CC(NC(=O)NCC2(N)C3CC4CC(C3)CC2C4)c2ncnn21. The largest absolute Gasteiger partial charge is 0.336 e. The van der Waals surface area contributed by atoms with Crippen LogP contribution in [0.3, 0.4) is 0 Å². The topological polar surface area (TPSA) is 97.9 Å². The maximum Gasteiger partial charge on any atom is 0.315 e. The highest BCUT2D eigenvalue weighted by molar-refractivity contribution is 5.74. The zero-order valence-electron chi connectivity index (χ0n) is 14.8. The average molecular weight is 344 g/mol. The summed E-state index contributed by atoms with van der Waals surface area (Å²) in [6.45, 7) is 2.68. The molecule has 0 radical (unpaired) electrons. The van der Waals surface area contributed by atoms with Gasteiger partial charge in [-0.25, -0.2) is 14.5 Å². The Kier molecular flexibility index (Phi) is 3.39. The summed E-state index contributed by atoms with van der Waals surface area (Å²) < 4.78 is 1.90. The van der Waals surface area contributed by atoms with Gasteiger partial charge in [-0.15, -0.1) is 0 Å². The smallest absolute Gasteiger partial charge is 0.315 e. The van der Waals surface area contributed by atoms with E-state index in [2.05, 4.69) is 27.6 Å². The van der Waals surface area contributed by atoms with Gasteiger partial charge in [-0.05, 0) is 69.1 Å². The van der Waals surface area contributed by atoms with Crippen molar-refractivity contribution in [1.29, 1.82) is 0 Å². The molecule has 0 saturated heterocycles. The van der Waals surface area contributed by atoms with Gasteiger partial charge in [0.15, 0.2) is 0 Å². The fraction of sp³-hybridized carbons (Fsp3) is 0.833. The lowest BCUT2D eigenvalue weighted by atomic mass is 9.49. The molecule has 1 aromatic heterocycles. The molecule has 25 heavy (non-hydrogen) atoms. The maximum atomic E-state index is 12.5. The van der Waals surface area contributed by atoms with Crippen LogP contribution in [0, 0.1) is 23.7 Å². The van der Waals surface area contributed by atoms with Gasteiger partial charge in [0, 0.05) is 12.1 Å². The molecule has 5 aliphatic rings. The van der Waals surface area contributed by atoms with Crippen molar-refractivity contribution < 1.29 is 4.79 Å². The van der Waals surface area contributed by atoms with E-state index in [1.807, 2.05) is 4.68 Å². The highest BCUT2D eigenvalue weighted by atomic mass is 16.2. The third-order valence-electron chi connectivity index (χ3n) is 7.43. The number of aromatic nitrogens is 3. The zero-order chi connectivity index (χ0) is 17.2. The monoisotopic (exact) mass is 344 g/mol. The van der Waals surface area contributed by atoms with Crippen LogP contribution >= 0.6 is 0 Å². The van der Waals surface area contributed by atoms with Crippen LogP contribution < -0.4 is 16.4 Å². The number of urea groups is 1. The van der Waals surface area contributed by atoms with E-state index in [0.29, 0.717) is 18.4 Å². The van der Waals surface area contributed by atoms with Crippen LogP contribution in [0.25, 0.3) is 0 Å². The van der Waals surface area contributed by atoms with Crippen LogP contribution in [0.2, 0.25) is 0 Å². The minimum Gasteiger partial charge on any atom is -0.336 e. The number of nitrogens with two attached hydrogens (primary N) is 1. The number of nitrogens with zero attached hydrogens (tertiary/aromatic N) is 3. The number of hydrogen-bond donors (Lipinski definition) is 3. The minimum atomic E-state index is -0.215. The molecule has 4 N–H and O–H groups in total. The second kappa shape index (κ2) is 5.43. The molecule has 0 aromatic carbocycles. The van der Waals surface area contributed by atoms with Crippen LogP contribution in [-0.4, -0.2) is 32.9 Å². The summed E-state index contributed by atoms with van der Waals surface area (Å²) in [6.07, 6.45) is 8.85. The number of carbonyl (C=O) groups excluding carboxylic acids is 1. The van der Waals surface area contributed by atoms with Gasteiger partial charge in [-0.2, -0.15) is 5.10 Å². The van der Waals surface area contributed by atoms with Crippen LogP contribution in [0.15, 0.2) is 6.33 Å². The van der Waals surface area contributed by atoms with E-state index >= 15 is 0 Å². The normalized spacial score (nSPS) is 43.9. The van der Waals surface area contributed by atoms with E-state index in [4.69, 9.17) is 5.73 Å². The lowest BCUT2D eigenvalue weighted by molar-refractivity contribution is -0.0530. The number of nitrogens with one attached hydrogen (secondary N) is 2. The molecule has 4 fully saturated rings. The van der Waals surface area contributed by atoms with Crippen molar-refractivity contribution in [3.8, 4) is 0 Å². The van der Waals surface area contributed by atoms with Gasteiger partial charge in [-0.1, -0.05) is 0 Å². The van der Waals surface area contributed by atoms with E-state index in [9.17, 15) is 4.79 Å². The molecule has 136 valence electrons. The van der Waals surface area contributed by atoms with Crippen LogP contribution in [0.5, 0.6) is 0 Å². The van der Waals surface area contributed by atoms with E-state index in [0.717, 1.165) is 24.1 Å². The minimum absolute atomic E-state index is 0.0651. The molecule has 7 nitrogen and oxygen atoms in total. The first kappa shape index (κ1) is 15.6. The van der Waals surface area contributed by atoms with E-state index in [1.54, 1.807) is 6.33 Å². The number of hydrogen-bond acceptors (Lipinski definition) is 4. The molecule has 2 amide bonds. The van der Waals surface area contributed by atoms with E-state index < -0.39 is 0 Å². The molecule has 6 rings (SSSR count). The molecule has 4 aliphatic carbocycles. The fourth-order valence-electron chi connectivity index (χ4n) is 6.31. The summed E-state index contributed by atoms with van der Waals surface area (Å²) >= 11 is 0. The van der Waals surface area contributed by atoms with Gasteiger partial charge in [0.1, 0.15) is 12.2 Å². The molecule has 2 unspecified atom stereocenters. The summed E-state index contributed by atoms with van der Waals surface area (Å²) in [4.78, 5) is 16.8. The molecule has 0 spiro atoms. The second-order valence-corrected chi connectivity index (χ2v) is 8.94. The standard InChI is InChI=1S/C18H28N6O/c1-10-2-15(16-21-9-22-24(10)16)23-17(25)20-8-18(19)13-4-11-3-12(6-13)7-14(18)5-11/h9-15H,2-8,19H2,1H3,(H2,20,23,25). The molecule has 4 bridgehead atoms. The summed E-state index contributed by atoms with van der Waals surface area (Å²) in [5, 5.41) is 10.4. The summed E-state index contributed by atoms with van der Waals surface area (Å²) in [5.41, 5.74) is 6.65. The van der Waals surface area contributed by atoms with E-state index in [1.165, 1.54) is 32.1 Å². The van der Waals surface area contributed by atoms with Gasteiger partial charge in [0.2, 0.25) is 0 Å². The first-order chi connectivity index (χ1) is 12.0. The predicted octanol–water partition coefficient (Wildman–Crippen LogP) is 1.74. The Balaban J connectivity index is 1.21. The van der Waals surface area contributed by atoms with Crippen molar-refractivity contribution in [3.63, 3.8) is 0 Å². The van der Waals surface area contributed by atoms with Gasteiger partial charge in [-0.3, -0.25) is 0 Å². The highest BCUT2D eigenvalue weighted by Crippen LogP contribution is 2.57. The van der Waals surface area contributed by atoms with Gasteiger partial charge in [0.25, 0.3) is 0 Å². The quantitative estimate of drug-likeness (QED) is 0.778. The fourth-order valence-corrected chi connectivity index (χ4v) is 6.31. The molecule has 4 saturated carbocycles. The highest BCUT2D eigenvalue weighted by Gasteiger charge is 2.55. The van der Waals surface area contributed by atoms with Crippen LogP contribution in [0.1, 0.15) is 63.4 Å². The summed E-state index contributed by atoms with van der Waals surface area (Å²) in [7, 11) is 0. The Morgan fingerprint density at radius 2 is 1.92 bits per heavy atom. The number of rotatable bonds is 3. The van der Waals surface area contributed by atoms with Crippen molar-refractivity contribution in [2.75, 3.05) is 6.54 Å². The molecule has 2 atom stereocenters. The van der Waals surface area contributed by atoms with Gasteiger partial charge < -0.3 is 16.4 Å². The summed E-state index contributed by atoms with van der Waals surface area (Å²) in [5.74, 6) is 3.79. The van der Waals surface area contributed by atoms with Crippen molar-refractivity contribution in [2.24, 2.45) is 29.4 Å². The molecule has 7 heteroatoms. The first-order valence-electron chi connectivity index (χ1n) is 9.75. The van der Waals surface area contributed by atoms with Gasteiger partial charge >= 0.3 is 6.03 Å². The van der Waals surface area contributed by atoms with Crippen LogP contribution in [0.4, 0.5) is 4.79 Å². The second-order valence-electron chi connectivity index (χ2n) is 8.94. The zero-order valence-corrected chi connectivity index (χ0v) is 14.8. The third kappa shape index (κ3) is 2.39. The lowest BCUT2D eigenvalue weighted by Gasteiger charge is -2.59. The average Bonchev–Trinajstić information content (AvgIpc) is 3.16. The Labute approximate surface area is 148 Å². The Hall–Kier alpha value is -1.63. The Morgan fingerprint density at radius 3 is 2.60 bits per heavy atom. The molecule has 1 aliphatic heterocycles. The number of amides is 2. The summed E-state index contributed by atoms with van der Waals surface area (Å²) in [6, 6.07) is 0.0742. The van der Waals surface area contributed by atoms with Crippen molar-refractivity contribution in [3.05, 3.63) is 12.2 Å². The molecule has 1 aromatic rings. The predicted molar refractivity (Wildman–Crippen MR) is 92.6 cm³/mol. The maximum absolute atomic E-state index is 12.5. The van der Waals surface area contributed by atoms with E-state index in [-0.39, 0.29) is 23.7 Å². The molecular weight excluding hydrogens is 316 g/mol. The molecular formula is C18H28N6O. The Bertz CT molecular complexity index is 657. The van der Waals surface area contributed by atoms with Crippen LogP contribution in [-0.2, 0) is 0 Å². The van der Waals surface area contributed by atoms with Crippen molar-refractivity contribution in [2.45, 2.75) is 63.1 Å². The van der Waals surface area contributed by atoms with Gasteiger partial charge in [0.05, 0.1) is 12.1 Å². The Morgan fingerprint density at radius 1 is 1.24 bits per heavy atom. The number of carbonyl (C=O) groups is 1. The number of fused-ring (bicyclic) bond motifs is 1. The van der Waals surface area contributed by atoms with Crippen molar-refractivity contribution in [1.82, 2.24) is 25.4 Å². The molecule has 2 heterocycles. The first-order valence-corrected chi connectivity index (χ1v) is 9.75.